The molecule has 5 nitrogen and oxygen atoms in total. The van der Waals surface area contributed by atoms with Crippen molar-refractivity contribution in [2.75, 3.05) is 19.6 Å². The van der Waals surface area contributed by atoms with Crippen LogP contribution >= 0.6 is 0 Å². The van der Waals surface area contributed by atoms with Crippen molar-refractivity contribution in [3.63, 3.8) is 0 Å². The third kappa shape index (κ3) is 1.80. The van der Waals surface area contributed by atoms with Gasteiger partial charge in [0.1, 0.15) is 5.54 Å². The van der Waals surface area contributed by atoms with E-state index in [4.69, 9.17) is 5.73 Å². The molecule has 2 fully saturated rings. The molecule has 0 aromatic carbocycles. The van der Waals surface area contributed by atoms with E-state index in [9.17, 15) is 9.59 Å². The molecule has 0 aromatic rings. The average Bonchev–Trinajstić information content (AvgIpc) is 2.30. The Kier molecular flexibility index (Phi) is 3.14. The van der Waals surface area contributed by atoms with Crippen molar-refractivity contribution in [1.29, 1.82) is 0 Å². The summed E-state index contributed by atoms with van der Waals surface area (Å²) < 4.78 is 0. The second-order valence-electron chi connectivity index (χ2n) is 4.65. The zero-order valence-electron chi connectivity index (χ0n) is 9.50. The van der Waals surface area contributed by atoms with Crippen LogP contribution in [0.25, 0.3) is 0 Å². The number of hydrogen-bond donors (Lipinski definition) is 2. The van der Waals surface area contributed by atoms with Gasteiger partial charge in [-0.1, -0.05) is 0 Å². The Balaban J connectivity index is 2.23. The molecule has 2 aliphatic heterocycles. The molecule has 2 saturated heterocycles. The summed E-state index contributed by atoms with van der Waals surface area (Å²) in [6, 6.07) is 0. The van der Waals surface area contributed by atoms with Gasteiger partial charge in [0.15, 0.2) is 0 Å². The summed E-state index contributed by atoms with van der Waals surface area (Å²) >= 11 is 0. The Morgan fingerprint density at radius 1 is 1.31 bits per heavy atom. The van der Waals surface area contributed by atoms with Crippen LogP contribution in [0.3, 0.4) is 0 Å². The summed E-state index contributed by atoms with van der Waals surface area (Å²) in [6.45, 7) is 2.20. The Morgan fingerprint density at radius 2 is 2.00 bits per heavy atom. The number of primary amides is 1. The molecule has 0 bridgehead atoms. The Hall–Kier alpha value is -1.10. The van der Waals surface area contributed by atoms with Crippen LogP contribution in [0, 0.1) is 0 Å². The molecule has 0 aromatic heterocycles. The predicted molar refractivity (Wildman–Crippen MR) is 59.6 cm³/mol. The molecule has 0 saturated carbocycles. The summed E-state index contributed by atoms with van der Waals surface area (Å²) in [5, 5.41) is 3.20. The third-order valence-corrected chi connectivity index (χ3v) is 3.73. The van der Waals surface area contributed by atoms with Gasteiger partial charge in [0, 0.05) is 13.0 Å². The molecule has 90 valence electrons. The van der Waals surface area contributed by atoms with Gasteiger partial charge in [0.2, 0.25) is 11.8 Å². The number of carbonyl (C=O) groups excluding carboxylic acids is 2. The summed E-state index contributed by atoms with van der Waals surface area (Å²) in [5.74, 6) is -0.254. The monoisotopic (exact) mass is 225 g/mol. The number of carbonyl (C=O) groups is 2. The van der Waals surface area contributed by atoms with Gasteiger partial charge in [-0.3, -0.25) is 9.59 Å². The van der Waals surface area contributed by atoms with Crippen LogP contribution in [-0.2, 0) is 9.59 Å². The molecular formula is C11H19N3O2. The molecule has 2 aliphatic rings. The molecule has 0 spiro atoms. The predicted octanol–water partition coefficient (Wildman–Crippen LogP) is -0.394. The number of hydrogen-bond acceptors (Lipinski definition) is 3. The fourth-order valence-electron chi connectivity index (χ4n) is 2.75. The minimum absolute atomic E-state index is 0.0898. The Bertz CT molecular complexity index is 296. The molecule has 5 heteroatoms. The van der Waals surface area contributed by atoms with Crippen LogP contribution in [-0.4, -0.2) is 41.9 Å². The highest BCUT2D eigenvalue weighted by Gasteiger charge is 2.45. The fraction of sp³-hybridized carbons (Fsp3) is 0.818. The molecular weight excluding hydrogens is 206 g/mol. The number of rotatable bonds is 2. The minimum Gasteiger partial charge on any atom is -0.368 e. The van der Waals surface area contributed by atoms with Crippen molar-refractivity contribution in [2.45, 2.75) is 37.6 Å². The average molecular weight is 225 g/mol. The van der Waals surface area contributed by atoms with Crippen molar-refractivity contribution in [2.24, 2.45) is 5.73 Å². The lowest BCUT2D eigenvalue weighted by Gasteiger charge is -2.45. The van der Waals surface area contributed by atoms with E-state index in [1.807, 2.05) is 0 Å². The maximum absolute atomic E-state index is 11.9. The first kappa shape index (κ1) is 11.4. The maximum Gasteiger partial charge on any atom is 0.243 e. The molecule has 2 rings (SSSR count). The largest absolute Gasteiger partial charge is 0.368 e. The van der Waals surface area contributed by atoms with Gasteiger partial charge < -0.3 is 16.0 Å². The summed E-state index contributed by atoms with van der Waals surface area (Å²) in [5.41, 5.74) is 4.82. The van der Waals surface area contributed by atoms with Crippen molar-refractivity contribution < 1.29 is 9.59 Å². The second-order valence-corrected chi connectivity index (χ2v) is 4.65. The Morgan fingerprint density at radius 3 is 2.56 bits per heavy atom. The van der Waals surface area contributed by atoms with E-state index in [1.54, 1.807) is 4.90 Å². The van der Waals surface area contributed by atoms with Gasteiger partial charge >= 0.3 is 0 Å². The molecule has 16 heavy (non-hydrogen) atoms. The molecule has 2 heterocycles. The van der Waals surface area contributed by atoms with Gasteiger partial charge in [0.05, 0.1) is 0 Å². The lowest BCUT2D eigenvalue weighted by molar-refractivity contribution is -0.150. The van der Waals surface area contributed by atoms with Crippen molar-refractivity contribution >= 4 is 11.8 Å². The molecule has 3 N–H and O–H groups in total. The second kappa shape index (κ2) is 4.41. The van der Waals surface area contributed by atoms with E-state index in [-0.39, 0.29) is 11.8 Å². The summed E-state index contributed by atoms with van der Waals surface area (Å²) in [7, 11) is 0. The van der Waals surface area contributed by atoms with Crippen LogP contribution in [0.15, 0.2) is 0 Å². The van der Waals surface area contributed by atoms with Gasteiger partial charge in [-0.25, -0.2) is 0 Å². The molecule has 0 radical (unpaired) electrons. The highest BCUT2D eigenvalue weighted by Crippen LogP contribution is 2.29. The molecule has 0 aliphatic carbocycles. The van der Waals surface area contributed by atoms with Crippen LogP contribution in [0.4, 0.5) is 0 Å². The van der Waals surface area contributed by atoms with E-state index >= 15 is 0 Å². The highest BCUT2D eigenvalue weighted by atomic mass is 16.2. The standard InChI is InChI=1S/C11H19N3O2/c12-10(16)11(4-6-13-7-5-11)14-8-2-1-3-9(14)15/h13H,1-8H2,(H2,12,16). The maximum atomic E-state index is 11.9. The van der Waals surface area contributed by atoms with Crippen LogP contribution in [0.2, 0.25) is 0 Å². The van der Waals surface area contributed by atoms with Gasteiger partial charge in [-0.2, -0.15) is 0 Å². The van der Waals surface area contributed by atoms with E-state index in [0.717, 1.165) is 25.9 Å². The first-order chi connectivity index (χ1) is 7.67. The smallest absolute Gasteiger partial charge is 0.243 e. The zero-order chi connectivity index (χ0) is 11.6. The SMILES string of the molecule is NC(=O)C1(N2CCCCC2=O)CCNCC1. The topological polar surface area (TPSA) is 75.4 Å². The van der Waals surface area contributed by atoms with Crippen LogP contribution < -0.4 is 11.1 Å². The highest BCUT2D eigenvalue weighted by molar-refractivity contribution is 5.90. The van der Waals surface area contributed by atoms with Crippen LogP contribution in [0.5, 0.6) is 0 Å². The summed E-state index contributed by atoms with van der Waals surface area (Å²) in [4.78, 5) is 25.4. The van der Waals surface area contributed by atoms with Crippen molar-refractivity contribution in [3.05, 3.63) is 0 Å². The first-order valence-electron chi connectivity index (χ1n) is 5.98. The zero-order valence-corrected chi connectivity index (χ0v) is 9.50. The number of likely N-dealkylation sites (tertiary alicyclic amines) is 1. The normalized spacial score (nSPS) is 25.5. The number of nitrogens with zero attached hydrogens (tertiary/aromatic N) is 1. The number of piperidine rings is 2. The number of amides is 2. The van der Waals surface area contributed by atoms with Gasteiger partial charge in [0.25, 0.3) is 0 Å². The molecule has 0 unspecified atom stereocenters. The number of nitrogens with two attached hydrogens (primary N) is 1. The van der Waals surface area contributed by atoms with Crippen molar-refractivity contribution in [1.82, 2.24) is 10.2 Å². The molecule has 2 amide bonds. The first-order valence-corrected chi connectivity index (χ1v) is 5.98. The lowest BCUT2D eigenvalue weighted by Crippen LogP contribution is -2.64. The minimum atomic E-state index is -0.719. The Labute approximate surface area is 95.3 Å². The fourth-order valence-corrected chi connectivity index (χ4v) is 2.75. The van der Waals surface area contributed by atoms with E-state index in [2.05, 4.69) is 5.32 Å². The van der Waals surface area contributed by atoms with E-state index < -0.39 is 5.54 Å². The van der Waals surface area contributed by atoms with E-state index in [0.29, 0.717) is 25.8 Å². The van der Waals surface area contributed by atoms with Gasteiger partial charge in [-0.05, 0) is 38.8 Å². The quantitative estimate of drug-likeness (QED) is 0.672. The third-order valence-electron chi connectivity index (χ3n) is 3.73. The lowest BCUT2D eigenvalue weighted by atomic mass is 9.84. The molecule has 0 atom stereocenters. The van der Waals surface area contributed by atoms with Crippen LogP contribution in [0.1, 0.15) is 32.1 Å². The number of nitrogens with one attached hydrogen (secondary N) is 1. The van der Waals surface area contributed by atoms with E-state index in [1.165, 1.54) is 0 Å². The summed E-state index contributed by atoms with van der Waals surface area (Å²) in [6.07, 6.45) is 3.77. The van der Waals surface area contributed by atoms with Crippen molar-refractivity contribution in [3.8, 4) is 0 Å². The van der Waals surface area contributed by atoms with Gasteiger partial charge in [-0.15, -0.1) is 0 Å².